The van der Waals surface area contributed by atoms with Crippen molar-refractivity contribution in [2.45, 2.75) is 20.8 Å². The molecule has 0 saturated carbocycles. The van der Waals surface area contributed by atoms with Crippen molar-refractivity contribution in [1.29, 1.82) is 0 Å². The average Bonchev–Trinajstić information content (AvgIpc) is 4.23. The Morgan fingerprint density at radius 2 is 0.576 bits per heavy atom. The molecular formula is C57H42N4O4Si. The molecule has 0 aliphatic rings. The number of rotatable bonds is 11. The van der Waals surface area contributed by atoms with Gasteiger partial charge in [-0.25, -0.2) is 19.9 Å². The lowest BCUT2D eigenvalue weighted by atomic mass is 10.1. The van der Waals surface area contributed by atoms with Gasteiger partial charge in [0.1, 0.15) is 0 Å². The Hall–Kier alpha value is -8.40. The predicted octanol–water partition coefficient (Wildman–Crippen LogP) is 11.6. The normalized spacial score (nSPS) is 11.6. The van der Waals surface area contributed by atoms with Crippen LogP contribution in [-0.2, 0) is 0 Å². The first-order valence-electron chi connectivity index (χ1n) is 21.8. The fraction of sp³-hybridized carbons (Fsp3) is 0.0526. The van der Waals surface area contributed by atoms with Gasteiger partial charge in [-0.05, 0) is 77.9 Å². The minimum absolute atomic E-state index is 0.557. The SMILES string of the molecule is Cc1ccc(-c2cnc(-c3ccc([Si](c4ccc(-c5cnco5)cc4)(c4ccc(-c5ncc(-c6ccc(C)cc6)o5)cc4)c4ccc(-c5ncc(-c6ccc(C)cc6)o5)cc4)cc3)o2)cc1. The summed E-state index contributed by atoms with van der Waals surface area (Å²) in [6.45, 7) is 6.22. The molecule has 4 aromatic heterocycles. The van der Waals surface area contributed by atoms with Crippen molar-refractivity contribution in [2.24, 2.45) is 0 Å². The molecule has 0 atom stereocenters. The molecule has 66 heavy (non-hydrogen) atoms. The third-order valence-corrected chi connectivity index (χ3v) is 17.1. The zero-order chi connectivity index (χ0) is 44.6. The zero-order valence-corrected chi connectivity index (χ0v) is 37.5. The van der Waals surface area contributed by atoms with E-state index in [2.05, 4.69) is 196 Å². The second-order valence-electron chi connectivity index (χ2n) is 16.6. The van der Waals surface area contributed by atoms with Gasteiger partial charge in [0.15, 0.2) is 37.5 Å². The van der Waals surface area contributed by atoms with Crippen molar-refractivity contribution < 1.29 is 17.7 Å². The molecule has 8 nitrogen and oxygen atoms in total. The molecule has 0 N–H and O–H groups in total. The maximum absolute atomic E-state index is 6.36. The average molecular weight is 875 g/mol. The van der Waals surface area contributed by atoms with Gasteiger partial charge < -0.3 is 17.7 Å². The Morgan fingerprint density at radius 3 is 0.864 bits per heavy atom. The number of oxazole rings is 4. The van der Waals surface area contributed by atoms with Gasteiger partial charge in [-0.2, -0.15) is 0 Å². The molecule has 7 aromatic carbocycles. The fourth-order valence-electron chi connectivity index (χ4n) is 8.61. The van der Waals surface area contributed by atoms with Crippen molar-refractivity contribution in [3.8, 4) is 79.7 Å². The van der Waals surface area contributed by atoms with Crippen LogP contribution in [0.2, 0.25) is 0 Å². The lowest BCUT2D eigenvalue weighted by Gasteiger charge is -2.34. The maximum atomic E-state index is 6.36. The minimum atomic E-state index is -3.14. The largest absolute Gasteiger partial charge is 0.444 e. The van der Waals surface area contributed by atoms with E-state index in [1.165, 1.54) is 43.8 Å². The van der Waals surface area contributed by atoms with Gasteiger partial charge in [0, 0.05) is 38.9 Å². The van der Waals surface area contributed by atoms with Crippen LogP contribution in [0.15, 0.2) is 219 Å². The van der Waals surface area contributed by atoms with E-state index in [0.717, 1.165) is 56.2 Å². The molecule has 0 saturated heterocycles. The van der Waals surface area contributed by atoms with Crippen molar-refractivity contribution in [1.82, 2.24) is 19.9 Å². The van der Waals surface area contributed by atoms with Crippen LogP contribution in [0, 0.1) is 20.8 Å². The van der Waals surface area contributed by atoms with Gasteiger partial charge >= 0.3 is 0 Å². The number of hydrogen-bond donors (Lipinski definition) is 0. The molecule has 0 unspecified atom stereocenters. The first kappa shape index (κ1) is 40.4. The van der Waals surface area contributed by atoms with Crippen LogP contribution in [0.3, 0.4) is 0 Å². The molecule has 0 fully saturated rings. The van der Waals surface area contributed by atoms with E-state index in [1.54, 1.807) is 24.8 Å². The number of aromatic nitrogens is 4. The van der Waals surface area contributed by atoms with E-state index in [1.807, 2.05) is 0 Å². The number of aryl methyl sites for hydroxylation is 3. The molecule has 0 aliphatic heterocycles. The molecule has 11 aromatic rings. The topological polar surface area (TPSA) is 104 Å². The van der Waals surface area contributed by atoms with Crippen LogP contribution in [0.1, 0.15) is 16.7 Å². The van der Waals surface area contributed by atoms with E-state index in [-0.39, 0.29) is 0 Å². The number of nitrogens with zero attached hydrogens (tertiary/aromatic N) is 4. The molecule has 0 amide bonds. The Morgan fingerprint density at radius 1 is 0.303 bits per heavy atom. The summed E-state index contributed by atoms with van der Waals surface area (Å²) >= 11 is 0. The van der Waals surface area contributed by atoms with Gasteiger partial charge in [-0.1, -0.05) is 150 Å². The number of hydrogen-bond acceptors (Lipinski definition) is 8. The van der Waals surface area contributed by atoms with Gasteiger partial charge in [-0.15, -0.1) is 0 Å². The summed E-state index contributed by atoms with van der Waals surface area (Å²) in [5, 5.41) is 4.67. The van der Waals surface area contributed by atoms with Crippen molar-refractivity contribution in [3.05, 3.63) is 218 Å². The molecule has 11 rings (SSSR count). The van der Waals surface area contributed by atoms with Gasteiger partial charge in [-0.3, -0.25) is 0 Å². The summed E-state index contributed by atoms with van der Waals surface area (Å²) in [5.41, 5.74) is 10.1. The smallest absolute Gasteiger partial charge is 0.226 e. The molecule has 0 bridgehead atoms. The summed E-state index contributed by atoms with van der Waals surface area (Å²) < 4.78 is 24.8. The van der Waals surface area contributed by atoms with Gasteiger partial charge in [0.25, 0.3) is 0 Å². The third-order valence-electron chi connectivity index (χ3n) is 12.3. The van der Waals surface area contributed by atoms with Crippen LogP contribution < -0.4 is 20.7 Å². The molecule has 0 radical (unpaired) electrons. The van der Waals surface area contributed by atoms with Crippen LogP contribution >= 0.6 is 0 Å². The van der Waals surface area contributed by atoms with Crippen molar-refractivity contribution in [3.63, 3.8) is 0 Å². The van der Waals surface area contributed by atoms with E-state index < -0.39 is 8.07 Å². The molecular weight excluding hydrogens is 833 g/mol. The molecule has 0 spiro atoms. The summed E-state index contributed by atoms with van der Waals surface area (Å²) in [4.78, 5) is 18.3. The minimum Gasteiger partial charge on any atom is -0.444 e. The predicted molar refractivity (Wildman–Crippen MR) is 263 cm³/mol. The summed E-state index contributed by atoms with van der Waals surface area (Å²) in [5.74, 6) is 4.54. The van der Waals surface area contributed by atoms with Crippen LogP contribution in [0.25, 0.3) is 79.7 Å². The summed E-state index contributed by atoms with van der Waals surface area (Å²) in [6.07, 6.45) is 8.58. The third kappa shape index (κ3) is 7.61. The first-order valence-corrected chi connectivity index (χ1v) is 23.8. The van der Waals surface area contributed by atoms with Crippen LogP contribution in [0.4, 0.5) is 0 Å². The highest BCUT2D eigenvalue weighted by atomic mass is 28.3. The molecule has 318 valence electrons. The Balaban J connectivity index is 1.04. The van der Waals surface area contributed by atoms with E-state index in [0.29, 0.717) is 23.4 Å². The lowest BCUT2D eigenvalue weighted by Crippen LogP contribution is -2.74. The highest BCUT2D eigenvalue weighted by Gasteiger charge is 2.42. The van der Waals surface area contributed by atoms with E-state index in [9.17, 15) is 0 Å². The second-order valence-corrected chi connectivity index (χ2v) is 20.4. The number of benzene rings is 7. The van der Waals surface area contributed by atoms with Crippen molar-refractivity contribution >= 4 is 28.8 Å². The second kappa shape index (κ2) is 16.9. The van der Waals surface area contributed by atoms with Gasteiger partial charge in [0.05, 0.1) is 24.8 Å². The van der Waals surface area contributed by atoms with Crippen LogP contribution in [0.5, 0.6) is 0 Å². The van der Waals surface area contributed by atoms with Gasteiger partial charge in [0.2, 0.25) is 17.7 Å². The molecule has 9 heteroatoms. The first-order chi connectivity index (χ1) is 32.4. The Kier molecular flexibility index (Phi) is 10.4. The molecule has 0 aliphatic carbocycles. The lowest BCUT2D eigenvalue weighted by molar-refractivity contribution is 0.572. The highest BCUT2D eigenvalue weighted by molar-refractivity contribution is 7.19. The van der Waals surface area contributed by atoms with Crippen molar-refractivity contribution in [2.75, 3.05) is 0 Å². The zero-order valence-electron chi connectivity index (χ0n) is 36.5. The van der Waals surface area contributed by atoms with E-state index in [4.69, 9.17) is 32.6 Å². The quantitative estimate of drug-likeness (QED) is 0.0935. The monoisotopic (exact) mass is 874 g/mol. The van der Waals surface area contributed by atoms with Crippen LogP contribution in [-0.4, -0.2) is 28.0 Å². The van der Waals surface area contributed by atoms with E-state index >= 15 is 0 Å². The molecule has 4 heterocycles. The Bertz CT molecular complexity index is 3080. The fourth-order valence-corrected chi connectivity index (χ4v) is 13.3. The standard InChI is InChI=1S/C57H42N4O4Si/c1-37-4-10-41(11-5-37)52-33-59-55(63-52)44-18-26-48(27-19-44)66(47-24-16-40(17-25-47)51-32-58-36-62-51,49-28-20-45(21-29-49)56-60-34-53(64-56)42-12-6-38(2)7-13-42)50-30-22-46(23-31-50)57-61-35-54(65-57)43-14-8-39(3)9-15-43/h4-36H,1-3H3. The highest BCUT2D eigenvalue weighted by Crippen LogP contribution is 2.30. The summed E-state index contributed by atoms with van der Waals surface area (Å²) in [7, 11) is -3.14. The maximum Gasteiger partial charge on any atom is 0.226 e. The summed E-state index contributed by atoms with van der Waals surface area (Å²) in [6, 6.07) is 59.6. The Labute approximate surface area is 383 Å².